The summed E-state index contributed by atoms with van der Waals surface area (Å²) in [6.07, 6.45) is 1.89. The molecule has 2 N–H and O–H groups in total. The van der Waals surface area contributed by atoms with E-state index >= 15 is 0 Å². The van der Waals surface area contributed by atoms with Gasteiger partial charge >= 0.3 is 0 Å². The molecule has 1 aromatic carbocycles. The van der Waals surface area contributed by atoms with Crippen molar-refractivity contribution < 1.29 is 13.2 Å². The minimum absolute atomic E-state index is 0.121. The highest BCUT2D eigenvalue weighted by molar-refractivity contribution is 7.89. The third-order valence-corrected chi connectivity index (χ3v) is 5.05. The summed E-state index contributed by atoms with van der Waals surface area (Å²) in [5, 5.41) is 3.12. The zero-order valence-electron chi connectivity index (χ0n) is 11.9. The fourth-order valence-corrected chi connectivity index (χ4v) is 3.68. The molecule has 2 atom stereocenters. The van der Waals surface area contributed by atoms with Gasteiger partial charge in [0, 0.05) is 20.2 Å². The Morgan fingerprint density at radius 2 is 2.00 bits per heavy atom. The van der Waals surface area contributed by atoms with Gasteiger partial charge in [-0.1, -0.05) is 25.5 Å². The Morgan fingerprint density at radius 1 is 1.30 bits per heavy atom. The molecular weight excluding hydrogens is 276 g/mol. The van der Waals surface area contributed by atoms with Crippen LogP contribution < -0.4 is 10.0 Å². The van der Waals surface area contributed by atoms with Gasteiger partial charge in [-0.05, 0) is 24.1 Å². The second-order valence-electron chi connectivity index (χ2n) is 5.05. The molecule has 1 aliphatic rings. The highest BCUT2D eigenvalue weighted by atomic mass is 32.2. The summed E-state index contributed by atoms with van der Waals surface area (Å²) in [5.41, 5.74) is 1.16. The van der Waals surface area contributed by atoms with Gasteiger partial charge in [0.15, 0.2) is 0 Å². The molecule has 1 saturated heterocycles. The van der Waals surface area contributed by atoms with Crippen molar-refractivity contribution in [2.24, 2.45) is 0 Å². The quantitative estimate of drug-likeness (QED) is 0.819. The van der Waals surface area contributed by atoms with Crippen LogP contribution in [0.2, 0.25) is 0 Å². The molecule has 2 rings (SSSR count). The molecule has 0 radical (unpaired) electrons. The van der Waals surface area contributed by atoms with Crippen LogP contribution in [0.5, 0.6) is 0 Å². The molecule has 0 spiro atoms. The van der Waals surface area contributed by atoms with E-state index < -0.39 is 10.0 Å². The van der Waals surface area contributed by atoms with Crippen LogP contribution in [0.15, 0.2) is 29.2 Å². The number of hydrogen-bond donors (Lipinski definition) is 2. The topological polar surface area (TPSA) is 67.4 Å². The van der Waals surface area contributed by atoms with Crippen LogP contribution in [0.4, 0.5) is 0 Å². The molecule has 0 aromatic heterocycles. The fraction of sp³-hybridized carbons (Fsp3) is 0.571. The maximum absolute atomic E-state index is 12.3. The van der Waals surface area contributed by atoms with Crippen molar-refractivity contribution in [1.29, 1.82) is 0 Å². The number of methoxy groups -OCH3 is 1. The van der Waals surface area contributed by atoms with Crippen LogP contribution >= 0.6 is 0 Å². The van der Waals surface area contributed by atoms with E-state index in [-0.39, 0.29) is 12.1 Å². The predicted octanol–water partition coefficient (Wildman–Crippen LogP) is 0.904. The SMILES string of the molecule is CCCc1ccc(S(=O)(=O)NC2CNC[C@@H]2OC)cc1. The lowest BCUT2D eigenvalue weighted by Gasteiger charge is -2.18. The summed E-state index contributed by atoms with van der Waals surface area (Å²) in [7, 11) is -1.89. The zero-order chi connectivity index (χ0) is 14.6. The summed E-state index contributed by atoms with van der Waals surface area (Å²) >= 11 is 0. The van der Waals surface area contributed by atoms with Crippen molar-refractivity contribution >= 4 is 10.0 Å². The number of nitrogens with one attached hydrogen (secondary N) is 2. The van der Waals surface area contributed by atoms with E-state index in [4.69, 9.17) is 4.74 Å². The van der Waals surface area contributed by atoms with E-state index in [1.807, 2.05) is 12.1 Å². The molecule has 1 unspecified atom stereocenters. The molecule has 20 heavy (non-hydrogen) atoms. The molecule has 0 amide bonds. The van der Waals surface area contributed by atoms with E-state index in [9.17, 15) is 8.42 Å². The van der Waals surface area contributed by atoms with Gasteiger partial charge in [-0.15, -0.1) is 0 Å². The fourth-order valence-electron chi connectivity index (χ4n) is 2.41. The predicted molar refractivity (Wildman–Crippen MR) is 78.2 cm³/mol. The van der Waals surface area contributed by atoms with Crippen molar-refractivity contribution in [3.63, 3.8) is 0 Å². The number of rotatable bonds is 6. The van der Waals surface area contributed by atoms with Crippen LogP contribution in [0.25, 0.3) is 0 Å². The van der Waals surface area contributed by atoms with Gasteiger partial charge in [-0.2, -0.15) is 0 Å². The Balaban J connectivity index is 2.09. The summed E-state index contributed by atoms with van der Waals surface area (Å²) < 4.78 is 32.6. The number of sulfonamides is 1. The van der Waals surface area contributed by atoms with Gasteiger partial charge in [0.05, 0.1) is 17.0 Å². The highest BCUT2D eigenvalue weighted by Crippen LogP contribution is 2.14. The molecule has 1 fully saturated rings. The maximum Gasteiger partial charge on any atom is 0.240 e. The van der Waals surface area contributed by atoms with Gasteiger partial charge in [0.25, 0.3) is 0 Å². The summed E-state index contributed by atoms with van der Waals surface area (Å²) in [6.45, 7) is 3.36. The molecular formula is C14H22N2O3S. The van der Waals surface area contributed by atoms with E-state index in [1.165, 1.54) is 0 Å². The van der Waals surface area contributed by atoms with Crippen LogP contribution in [0.3, 0.4) is 0 Å². The van der Waals surface area contributed by atoms with E-state index in [1.54, 1.807) is 19.2 Å². The average molecular weight is 298 g/mol. The van der Waals surface area contributed by atoms with Gasteiger partial charge in [-0.3, -0.25) is 0 Å². The number of hydrogen-bond acceptors (Lipinski definition) is 4. The van der Waals surface area contributed by atoms with Crippen molar-refractivity contribution in [1.82, 2.24) is 10.0 Å². The van der Waals surface area contributed by atoms with Crippen LogP contribution in [0, 0.1) is 0 Å². The first-order chi connectivity index (χ1) is 9.56. The van der Waals surface area contributed by atoms with E-state index in [2.05, 4.69) is 17.0 Å². The van der Waals surface area contributed by atoms with Crippen molar-refractivity contribution in [2.75, 3.05) is 20.2 Å². The zero-order valence-corrected chi connectivity index (χ0v) is 12.7. The molecule has 0 saturated carbocycles. The lowest BCUT2D eigenvalue weighted by atomic mass is 10.1. The monoisotopic (exact) mass is 298 g/mol. The molecule has 1 aliphatic heterocycles. The van der Waals surface area contributed by atoms with Gasteiger partial charge in [0.1, 0.15) is 0 Å². The van der Waals surface area contributed by atoms with Crippen LogP contribution in [-0.4, -0.2) is 40.8 Å². The molecule has 112 valence electrons. The van der Waals surface area contributed by atoms with Crippen molar-refractivity contribution in [3.05, 3.63) is 29.8 Å². The minimum atomic E-state index is -3.49. The summed E-state index contributed by atoms with van der Waals surface area (Å²) in [5.74, 6) is 0. The molecule has 6 heteroatoms. The first-order valence-corrected chi connectivity index (χ1v) is 8.40. The Labute approximate surface area is 120 Å². The first kappa shape index (κ1) is 15.4. The molecule has 1 aromatic rings. The number of aryl methyl sites for hydroxylation is 1. The Hall–Kier alpha value is -0.950. The molecule has 0 bridgehead atoms. The minimum Gasteiger partial charge on any atom is -0.378 e. The second-order valence-corrected chi connectivity index (χ2v) is 6.77. The highest BCUT2D eigenvalue weighted by Gasteiger charge is 2.31. The maximum atomic E-state index is 12.3. The third-order valence-electron chi connectivity index (χ3n) is 3.54. The first-order valence-electron chi connectivity index (χ1n) is 6.91. The van der Waals surface area contributed by atoms with E-state index in [0.29, 0.717) is 18.0 Å². The van der Waals surface area contributed by atoms with Crippen LogP contribution in [0.1, 0.15) is 18.9 Å². The number of benzene rings is 1. The van der Waals surface area contributed by atoms with Crippen molar-refractivity contribution in [3.8, 4) is 0 Å². The van der Waals surface area contributed by atoms with Gasteiger partial charge < -0.3 is 10.1 Å². The average Bonchev–Trinajstić information content (AvgIpc) is 2.86. The Kier molecular flexibility index (Phi) is 5.15. The summed E-state index contributed by atoms with van der Waals surface area (Å²) in [6, 6.07) is 6.85. The smallest absolute Gasteiger partial charge is 0.240 e. The molecule has 5 nitrogen and oxygen atoms in total. The lowest BCUT2D eigenvalue weighted by Crippen LogP contribution is -2.43. The van der Waals surface area contributed by atoms with E-state index in [0.717, 1.165) is 18.4 Å². The van der Waals surface area contributed by atoms with Crippen LogP contribution in [-0.2, 0) is 21.2 Å². The largest absolute Gasteiger partial charge is 0.378 e. The lowest BCUT2D eigenvalue weighted by molar-refractivity contribution is 0.103. The molecule has 0 aliphatic carbocycles. The Morgan fingerprint density at radius 3 is 2.60 bits per heavy atom. The second kappa shape index (κ2) is 6.67. The normalized spacial score (nSPS) is 23.1. The van der Waals surface area contributed by atoms with Gasteiger partial charge in [0.2, 0.25) is 10.0 Å². The summed E-state index contributed by atoms with van der Waals surface area (Å²) in [4.78, 5) is 0.305. The standard InChI is InChI=1S/C14H22N2O3S/c1-3-4-11-5-7-12(8-6-11)20(17,18)16-13-9-15-10-14(13)19-2/h5-8,13-16H,3-4,9-10H2,1-2H3/t13?,14-/m0/s1. The molecule has 1 heterocycles. The number of ether oxygens (including phenoxy) is 1. The Bertz CT molecular complexity index is 528. The third kappa shape index (κ3) is 3.58. The van der Waals surface area contributed by atoms with Crippen molar-refractivity contribution in [2.45, 2.75) is 36.8 Å². The van der Waals surface area contributed by atoms with Gasteiger partial charge in [-0.25, -0.2) is 13.1 Å².